The molecule has 0 aromatic heterocycles. The van der Waals surface area contributed by atoms with Gasteiger partial charge in [-0.1, -0.05) is 12.1 Å². The summed E-state index contributed by atoms with van der Waals surface area (Å²) < 4.78 is 40.1. The van der Waals surface area contributed by atoms with Gasteiger partial charge in [0.15, 0.2) is 23.0 Å². The Kier molecular flexibility index (Phi) is 7.96. The van der Waals surface area contributed by atoms with Gasteiger partial charge in [0, 0.05) is 11.8 Å². The van der Waals surface area contributed by atoms with Gasteiger partial charge in [-0.05, 0) is 35.4 Å². The highest BCUT2D eigenvalue weighted by atomic mass is 16.7. The number of rotatable bonds is 8. The van der Waals surface area contributed by atoms with Crippen LogP contribution in [0.25, 0.3) is 0 Å². The molecule has 0 spiro atoms. The summed E-state index contributed by atoms with van der Waals surface area (Å²) in [5.41, 5.74) is 1.88. The minimum Gasteiger partial charge on any atom is -0.493 e. The van der Waals surface area contributed by atoms with Gasteiger partial charge in [-0.25, -0.2) is 0 Å². The number of aliphatic hydroxyl groups is 4. The van der Waals surface area contributed by atoms with Crippen LogP contribution in [-0.4, -0.2) is 92.3 Å². The Morgan fingerprint density at radius 2 is 1.24 bits per heavy atom. The van der Waals surface area contributed by atoms with E-state index in [9.17, 15) is 20.4 Å². The van der Waals surface area contributed by atoms with E-state index in [0.717, 1.165) is 11.1 Å². The van der Waals surface area contributed by atoms with E-state index < -0.39 is 37.3 Å². The molecule has 3 fully saturated rings. The molecule has 11 heteroatoms. The second-order valence-corrected chi connectivity index (χ2v) is 9.68. The van der Waals surface area contributed by atoms with E-state index in [1.807, 2.05) is 24.3 Å². The Morgan fingerprint density at radius 1 is 0.711 bits per heavy atom. The molecule has 0 unspecified atom stereocenters. The van der Waals surface area contributed by atoms with Crippen LogP contribution in [-0.2, 0) is 14.2 Å². The van der Waals surface area contributed by atoms with Gasteiger partial charge in [-0.3, -0.25) is 0 Å². The van der Waals surface area contributed by atoms with Crippen molar-refractivity contribution in [1.82, 2.24) is 0 Å². The van der Waals surface area contributed by atoms with Gasteiger partial charge in [0.2, 0.25) is 6.29 Å². The van der Waals surface area contributed by atoms with Crippen molar-refractivity contribution in [1.29, 1.82) is 0 Å². The van der Waals surface area contributed by atoms with Crippen LogP contribution < -0.4 is 18.9 Å². The first-order valence-electron chi connectivity index (χ1n) is 12.5. The highest BCUT2D eigenvalue weighted by molar-refractivity contribution is 5.45. The smallest absolute Gasteiger partial charge is 0.229 e. The molecule has 0 amide bonds. The molecule has 9 atom stereocenters. The Balaban J connectivity index is 1.31. The third kappa shape index (κ3) is 4.79. The number of ether oxygens (including phenoxy) is 7. The van der Waals surface area contributed by atoms with E-state index in [2.05, 4.69) is 0 Å². The molecular weight excluding hydrogens is 500 g/mol. The van der Waals surface area contributed by atoms with E-state index in [-0.39, 0.29) is 29.8 Å². The zero-order valence-corrected chi connectivity index (χ0v) is 21.4. The summed E-state index contributed by atoms with van der Waals surface area (Å²) in [6.07, 6.45) is -7.29. The number of aliphatic hydroxyl groups excluding tert-OH is 4. The largest absolute Gasteiger partial charge is 0.493 e. The summed E-state index contributed by atoms with van der Waals surface area (Å²) in [6, 6.07) is 11.1. The number of benzene rings is 2. The first kappa shape index (κ1) is 26.9. The van der Waals surface area contributed by atoms with Crippen LogP contribution in [0, 0.1) is 11.8 Å². The van der Waals surface area contributed by atoms with Gasteiger partial charge in [0.05, 0.1) is 53.4 Å². The molecule has 3 saturated heterocycles. The number of hydrogen-bond acceptors (Lipinski definition) is 11. The summed E-state index contributed by atoms with van der Waals surface area (Å²) in [5, 5.41) is 39.8. The SMILES string of the molecule is COc1ccc([C@H]2OC[C@H]3[C@H]2CO[C@@H]3c2ccc(O[C@H]3O[C@@H](CO)[C@@H](O)[C@@H](O)[C@@H]3O)c(OC)c2)cc1OC. The Labute approximate surface area is 220 Å². The summed E-state index contributed by atoms with van der Waals surface area (Å²) in [4.78, 5) is 0. The monoisotopic (exact) mass is 534 g/mol. The molecule has 4 N–H and O–H groups in total. The van der Waals surface area contributed by atoms with Crippen LogP contribution in [0.15, 0.2) is 36.4 Å². The summed E-state index contributed by atoms with van der Waals surface area (Å²) >= 11 is 0. The van der Waals surface area contributed by atoms with Gasteiger partial charge in [-0.15, -0.1) is 0 Å². The van der Waals surface area contributed by atoms with Crippen LogP contribution in [0.5, 0.6) is 23.0 Å². The van der Waals surface area contributed by atoms with Crippen molar-refractivity contribution in [2.24, 2.45) is 11.8 Å². The molecule has 3 aliphatic rings. The van der Waals surface area contributed by atoms with Crippen LogP contribution in [0.1, 0.15) is 23.3 Å². The first-order valence-corrected chi connectivity index (χ1v) is 12.5. The zero-order valence-electron chi connectivity index (χ0n) is 21.4. The lowest BCUT2D eigenvalue weighted by molar-refractivity contribution is -0.277. The fourth-order valence-corrected chi connectivity index (χ4v) is 5.51. The molecule has 5 rings (SSSR count). The predicted octanol–water partition coefficient (Wildman–Crippen LogP) is 0.966. The molecular formula is C27H34O11. The molecule has 208 valence electrons. The van der Waals surface area contributed by atoms with E-state index in [1.54, 1.807) is 26.4 Å². The average Bonchev–Trinajstić information content (AvgIpc) is 3.55. The van der Waals surface area contributed by atoms with Gasteiger partial charge < -0.3 is 53.6 Å². The first-order chi connectivity index (χ1) is 18.4. The molecule has 2 aromatic rings. The number of fused-ring (bicyclic) bond motifs is 1. The minimum absolute atomic E-state index is 0.120. The van der Waals surface area contributed by atoms with E-state index in [1.165, 1.54) is 7.11 Å². The number of methoxy groups -OCH3 is 3. The van der Waals surface area contributed by atoms with Crippen molar-refractivity contribution >= 4 is 0 Å². The average molecular weight is 535 g/mol. The standard InChI is InChI=1S/C27H34O11/c1-32-17-6-4-13(8-19(17)33-2)25-15-11-36-26(16(15)12-35-25)14-5-7-18(20(9-14)34-3)37-27-24(31)23(30)22(29)21(10-28)38-27/h4-9,15-16,21-31H,10-12H2,1-3H3/t15-,16+,21+,22-,23-,24+,25-,26-,27+/m1/s1. The van der Waals surface area contributed by atoms with Crippen LogP contribution in [0.4, 0.5) is 0 Å². The summed E-state index contributed by atoms with van der Waals surface area (Å²) in [6.45, 7) is 0.508. The third-order valence-corrected chi connectivity index (χ3v) is 7.61. The maximum absolute atomic E-state index is 10.3. The second kappa shape index (κ2) is 11.2. The van der Waals surface area contributed by atoms with Crippen LogP contribution in [0.2, 0.25) is 0 Å². The van der Waals surface area contributed by atoms with Gasteiger partial charge in [-0.2, -0.15) is 0 Å². The van der Waals surface area contributed by atoms with Crippen molar-refractivity contribution in [3.05, 3.63) is 47.5 Å². The molecule has 3 aliphatic heterocycles. The topological polar surface area (TPSA) is 146 Å². The van der Waals surface area contributed by atoms with Crippen molar-refractivity contribution < 1.29 is 53.6 Å². The highest BCUT2D eigenvalue weighted by Crippen LogP contribution is 2.51. The van der Waals surface area contributed by atoms with Crippen molar-refractivity contribution in [3.8, 4) is 23.0 Å². The van der Waals surface area contributed by atoms with E-state index >= 15 is 0 Å². The minimum atomic E-state index is -1.54. The van der Waals surface area contributed by atoms with Crippen molar-refractivity contribution in [2.45, 2.75) is 42.9 Å². The quantitative estimate of drug-likeness (QED) is 0.384. The maximum Gasteiger partial charge on any atom is 0.229 e. The van der Waals surface area contributed by atoms with Crippen molar-refractivity contribution in [2.75, 3.05) is 41.2 Å². The Hall–Kier alpha value is -2.64. The van der Waals surface area contributed by atoms with Crippen molar-refractivity contribution in [3.63, 3.8) is 0 Å². The van der Waals surface area contributed by atoms with Crippen LogP contribution >= 0.6 is 0 Å². The third-order valence-electron chi connectivity index (χ3n) is 7.61. The van der Waals surface area contributed by atoms with Gasteiger partial charge >= 0.3 is 0 Å². The molecule has 11 nitrogen and oxygen atoms in total. The zero-order chi connectivity index (χ0) is 27.0. The Bertz CT molecular complexity index is 1110. The molecule has 38 heavy (non-hydrogen) atoms. The van der Waals surface area contributed by atoms with Gasteiger partial charge in [0.1, 0.15) is 24.4 Å². The predicted molar refractivity (Wildman–Crippen MR) is 131 cm³/mol. The maximum atomic E-state index is 10.3. The van der Waals surface area contributed by atoms with E-state index in [0.29, 0.717) is 30.5 Å². The lowest BCUT2D eigenvalue weighted by atomic mass is 9.85. The highest BCUT2D eigenvalue weighted by Gasteiger charge is 2.49. The molecule has 0 aliphatic carbocycles. The summed E-state index contributed by atoms with van der Waals surface area (Å²) in [7, 11) is 4.69. The molecule has 2 aromatic carbocycles. The number of hydrogen-bond donors (Lipinski definition) is 4. The fourth-order valence-electron chi connectivity index (χ4n) is 5.51. The lowest BCUT2D eigenvalue weighted by Gasteiger charge is -2.39. The lowest BCUT2D eigenvalue weighted by Crippen LogP contribution is -2.60. The summed E-state index contributed by atoms with van der Waals surface area (Å²) in [5.74, 6) is 2.21. The molecule has 0 radical (unpaired) electrons. The van der Waals surface area contributed by atoms with Gasteiger partial charge in [0.25, 0.3) is 0 Å². The van der Waals surface area contributed by atoms with Crippen LogP contribution in [0.3, 0.4) is 0 Å². The molecule has 3 heterocycles. The normalized spacial score (nSPS) is 34.6. The molecule has 0 bridgehead atoms. The molecule has 0 saturated carbocycles. The fraction of sp³-hybridized carbons (Fsp3) is 0.556. The van der Waals surface area contributed by atoms with E-state index in [4.69, 9.17) is 33.2 Å². The second-order valence-electron chi connectivity index (χ2n) is 9.68. The Morgan fingerprint density at radius 3 is 1.76 bits per heavy atom.